The molecule has 0 radical (unpaired) electrons. The Morgan fingerprint density at radius 3 is 2.48 bits per heavy atom. The minimum absolute atomic E-state index is 0.119. The molecule has 0 atom stereocenters. The fraction of sp³-hybridized carbons (Fsp3) is 0.350. The van der Waals surface area contributed by atoms with Gasteiger partial charge in [0.2, 0.25) is 16.0 Å². The van der Waals surface area contributed by atoms with Gasteiger partial charge in [-0.25, -0.2) is 13.1 Å². The van der Waals surface area contributed by atoms with Gasteiger partial charge in [0.05, 0.1) is 5.75 Å². The summed E-state index contributed by atoms with van der Waals surface area (Å²) in [7, 11) is -3.27. The third-order valence-electron chi connectivity index (χ3n) is 4.05. The summed E-state index contributed by atoms with van der Waals surface area (Å²) in [5.41, 5.74) is 1.73. The van der Waals surface area contributed by atoms with E-state index < -0.39 is 10.0 Å². The van der Waals surface area contributed by atoms with Gasteiger partial charge < -0.3 is 5.32 Å². The molecule has 2 aromatic rings. The van der Waals surface area contributed by atoms with Crippen LogP contribution in [-0.4, -0.2) is 31.7 Å². The molecule has 0 saturated heterocycles. The first kappa shape index (κ1) is 22.3. The van der Waals surface area contributed by atoms with E-state index in [4.69, 9.17) is 5.26 Å². The van der Waals surface area contributed by atoms with E-state index in [9.17, 15) is 8.42 Å². The highest BCUT2D eigenvalue weighted by atomic mass is 32.2. The number of nitrogens with one attached hydrogen (secondary N) is 3. The van der Waals surface area contributed by atoms with Gasteiger partial charge in [-0.2, -0.15) is 5.26 Å². The van der Waals surface area contributed by atoms with E-state index in [2.05, 4.69) is 25.3 Å². The lowest BCUT2D eigenvalue weighted by Gasteiger charge is -2.08. The van der Waals surface area contributed by atoms with Crippen molar-refractivity contribution in [1.29, 1.82) is 5.26 Å². The zero-order valence-corrected chi connectivity index (χ0v) is 17.0. The Morgan fingerprint density at radius 2 is 1.76 bits per heavy atom. The molecule has 9 heteroatoms. The van der Waals surface area contributed by atoms with Crippen LogP contribution in [-0.2, 0) is 16.6 Å². The fourth-order valence-electron chi connectivity index (χ4n) is 2.54. The first-order valence-corrected chi connectivity index (χ1v) is 11.1. The molecule has 1 aromatic carbocycles. The van der Waals surface area contributed by atoms with Gasteiger partial charge in [-0.1, -0.05) is 43.2 Å². The first-order chi connectivity index (χ1) is 14.1. The maximum atomic E-state index is 12.0. The van der Waals surface area contributed by atoms with Crippen molar-refractivity contribution in [2.75, 3.05) is 17.6 Å². The lowest BCUT2D eigenvalue weighted by molar-refractivity contribution is 0.574. The number of aromatic nitrogens is 1. The molecule has 0 fully saturated rings. The Hall–Kier alpha value is -2.96. The molecule has 1 aromatic heterocycles. The Bertz CT molecular complexity index is 896. The van der Waals surface area contributed by atoms with Gasteiger partial charge in [0, 0.05) is 31.2 Å². The molecule has 0 aliphatic carbocycles. The zero-order chi connectivity index (χ0) is 20.8. The Kier molecular flexibility index (Phi) is 9.62. The molecule has 154 valence electrons. The maximum Gasteiger partial charge on any atom is 0.211 e. The average Bonchev–Trinajstić information content (AvgIpc) is 2.73. The molecule has 3 N–H and O–H groups in total. The summed E-state index contributed by atoms with van der Waals surface area (Å²) in [4.78, 5) is 8.27. The van der Waals surface area contributed by atoms with E-state index in [0.717, 1.165) is 30.5 Å². The van der Waals surface area contributed by atoms with Crippen LogP contribution in [0.3, 0.4) is 0 Å². The van der Waals surface area contributed by atoms with Gasteiger partial charge in [-0.15, -0.1) is 0 Å². The minimum Gasteiger partial charge on any atom is -0.325 e. The smallest absolute Gasteiger partial charge is 0.211 e. The van der Waals surface area contributed by atoms with E-state index >= 15 is 0 Å². The second-order valence-electron chi connectivity index (χ2n) is 6.37. The van der Waals surface area contributed by atoms with E-state index in [1.54, 1.807) is 24.5 Å². The monoisotopic (exact) mass is 414 g/mol. The lowest BCUT2D eigenvalue weighted by atomic mass is 10.2. The summed E-state index contributed by atoms with van der Waals surface area (Å²) >= 11 is 0. The fourth-order valence-corrected chi connectivity index (χ4v) is 3.66. The number of sulfonamides is 1. The number of guanidine groups is 1. The molecular formula is C20H26N6O2S. The first-order valence-electron chi connectivity index (χ1n) is 9.47. The zero-order valence-electron chi connectivity index (χ0n) is 16.2. The van der Waals surface area contributed by atoms with Gasteiger partial charge in [-0.05, 0) is 30.5 Å². The number of rotatable bonds is 11. The summed E-state index contributed by atoms with van der Waals surface area (Å²) in [5.74, 6) is 0.500. The summed E-state index contributed by atoms with van der Waals surface area (Å²) < 4.78 is 26.7. The van der Waals surface area contributed by atoms with Gasteiger partial charge in [0.15, 0.2) is 6.19 Å². The average molecular weight is 415 g/mol. The number of nitrogens with zero attached hydrogens (tertiary/aromatic N) is 3. The molecule has 0 saturated carbocycles. The topological polar surface area (TPSA) is 119 Å². The number of nitriles is 1. The van der Waals surface area contributed by atoms with Crippen molar-refractivity contribution in [3.63, 3.8) is 0 Å². The number of unbranched alkanes of at least 4 members (excludes halogenated alkanes) is 3. The van der Waals surface area contributed by atoms with Gasteiger partial charge >= 0.3 is 0 Å². The maximum absolute atomic E-state index is 12.0. The van der Waals surface area contributed by atoms with E-state index in [-0.39, 0.29) is 5.75 Å². The van der Waals surface area contributed by atoms with Crippen molar-refractivity contribution in [3.05, 3.63) is 60.4 Å². The van der Waals surface area contributed by atoms with E-state index in [1.165, 1.54) is 0 Å². The van der Waals surface area contributed by atoms with Crippen molar-refractivity contribution in [2.45, 2.75) is 32.2 Å². The molecule has 0 amide bonds. The van der Waals surface area contributed by atoms with Crippen LogP contribution < -0.4 is 15.4 Å². The van der Waals surface area contributed by atoms with Gasteiger partial charge in [0.1, 0.15) is 0 Å². The quantitative estimate of drug-likeness (QED) is 0.171. The van der Waals surface area contributed by atoms with Gasteiger partial charge in [0.25, 0.3) is 0 Å². The van der Waals surface area contributed by atoms with Crippen molar-refractivity contribution >= 4 is 21.7 Å². The highest BCUT2D eigenvalue weighted by Gasteiger charge is 2.09. The van der Waals surface area contributed by atoms with E-state index in [1.807, 2.05) is 36.5 Å². The summed E-state index contributed by atoms with van der Waals surface area (Å²) in [6.07, 6.45) is 8.24. The van der Waals surface area contributed by atoms with Crippen LogP contribution in [0.4, 0.5) is 5.69 Å². The normalized spacial score (nSPS) is 11.6. The van der Waals surface area contributed by atoms with Crippen LogP contribution in [0.1, 0.15) is 31.2 Å². The molecule has 0 unspecified atom stereocenters. The molecule has 29 heavy (non-hydrogen) atoms. The minimum atomic E-state index is -3.27. The molecule has 0 spiro atoms. The standard InChI is InChI=1S/C20H26N6O2S/c21-17-24-20(26-19-10-13-22-14-11-19)23-12-6-1-2-7-15-29(27,28)25-16-18-8-4-3-5-9-18/h3-5,8-11,13-14,25H,1-2,6-7,12,15-16H2,(H2,22,23,24,26). The Labute approximate surface area is 172 Å². The lowest BCUT2D eigenvalue weighted by Crippen LogP contribution is -2.27. The largest absolute Gasteiger partial charge is 0.325 e. The third kappa shape index (κ3) is 9.69. The van der Waals surface area contributed by atoms with Crippen LogP contribution in [0.2, 0.25) is 0 Å². The van der Waals surface area contributed by atoms with Crippen molar-refractivity contribution in [3.8, 4) is 6.19 Å². The van der Waals surface area contributed by atoms with Crippen LogP contribution in [0.25, 0.3) is 0 Å². The molecular weight excluding hydrogens is 388 g/mol. The number of anilines is 1. The van der Waals surface area contributed by atoms with Crippen LogP contribution in [0.5, 0.6) is 0 Å². The molecule has 0 aliphatic heterocycles. The summed E-state index contributed by atoms with van der Waals surface area (Å²) in [5, 5.41) is 14.4. The van der Waals surface area contributed by atoms with Crippen molar-refractivity contribution < 1.29 is 8.42 Å². The predicted octanol–water partition coefficient (Wildman–Crippen LogP) is 2.60. The molecule has 8 nitrogen and oxygen atoms in total. The third-order valence-corrected chi connectivity index (χ3v) is 5.46. The van der Waals surface area contributed by atoms with E-state index in [0.29, 0.717) is 25.5 Å². The number of aliphatic imine (C=N–C) groups is 1. The molecule has 0 aliphatic rings. The van der Waals surface area contributed by atoms with Crippen LogP contribution >= 0.6 is 0 Å². The van der Waals surface area contributed by atoms with Gasteiger partial charge in [-0.3, -0.25) is 15.3 Å². The SMILES string of the molecule is N#CNC(=NCCCCCCS(=O)(=O)NCc1ccccc1)Nc1ccncc1. The predicted molar refractivity (Wildman–Crippen MR) is 114 cm³/mol. The highest BCUT2D eigenvalue weighted by Crippen LogP contribution is 2.05. The van der Waals surface area contributed by atoms with Crippen molar-refractivity contribution in [2.24, 2.45) is 4.99 Å². The summed E-state index contributed by atoms with van der Waals surface area (Å²) in [6.45, 7) is 0.859. The molecule has 0 bridgehead atoms. The van der Waals surface area contributed by atoms with Crippen molar-refractivity contribution in [1.82, 2.24) is 15.0 Å². The molecule has 1 heterocycles. The number of pyridine rings is 1. The second kappa shape index (κ2) is 12.5. The Morgan fingerprint density at radius 1 is 1.03 bits per heavy atom. The highest BCUT2D eigenvalue weighted by molar-refractivity contribution is 7.89. The molecule has 2 rings (SSSR count). The van der Waals surface area contributed by atoms with Crippen LogP contribution in [0, 0.1) is 11.5 Å². The number of hydrogen-bond donors (Lipinski definition) is 3. The second-order valence-corrected chi connectivity index (χ2v) is 8.29. The number of benzene rings is 1. The number of hydrogen-bond acceptors (Lipinski definition) is 5. The van der Waals surface area contributed by atoms with Crippen LogP contribution in [0.15, 0.2) is 59.9 Å². The Balaban J connectivity index is 1.62. The summed E-state index contributed by atoms with van der Waals surface area (Å²) in [6, 6.07) is 13.0.